The summed E-state index contributed by atoms with van der Waals surface area (Å²) in [4.78, 5) is 35.6. The van der Waals surface area contributed by atoms with Gasteiger partial charge >= 0.3 is 0 Å². The van der Waals surface area contributed by atoms with Gasteiger partial charge in [0.25, 0.3) is 0 Å². The van der Waals surface area contributed by atoms with Gasteiger partial charge in [-0.3, -0.25) is 14.4 Å². The molecule has 0 saturated heterocycles. The highest BCUT2D eigenvalue weighted by Gasteiger charge is 2.12. The van der Waals surface area contributed by atoms with Crippen LogP contribution in [0.4, 0.5) is 5.69 Å². The number of carbonyl (C=O) groups excluding carboxylic acids is 3. The zero-order valence-electron chi connectivity index (χ0n) is 15.1. The van der Waals surface area contributed by atoms with E-state index in [9.17, 15) is 14.4 Å². The minimum absolute atomic E-state index is 0.0391. The van der Waals surface area contributed by atoms with Crippen LogP contribution in [0.25, 0.3) is 0 Å². The molecule has 0 aliphatic heterocycles. The van der Waals surface area contributed by atoms with Gasteiger partial charge < -0.3 is 10.6 Å². The van der Waals surface area contributed by atoms with Crippen molar-refractivity contribution >= 4 is 23.3 Å². The average Bonchev–Trinajstić information content (AvgIpc) is 2.62. The topological polar surface area (TPSA) is 75.3 Å². The number of nitrogens with one attached hydrogen (secondary N) is 2. The summed E-state index contributed by atoms with van der Waals surface area (Å²) in [5, 5.41) is 5.53. The summed E-state index contributed by atoms with van der Waals surface area (Å²) in [6, 6.07) is 16.0. The molecule has 0 saturated carbocycles. The minimum Gasteiger partial charge on any atom is -0.346 e. The molecule has 0 radical (unpaired) electrons. The van der Waals surface area contributed by atoms with Gasteiger partial charge in [-0.1, -0.05) is 30.3 Å². The predicted octanol–water partition coefficient (Wildman–Crippen LogP) is 3.65. The number of Topliss-reactive ketones (excluding diaryl/α,β-unsaturated/α-hetero) is 1. The van der Waals surface area contributed by atoms with E-state index in [0.717, 1.165) is 5.56 Å². The van der Waals surface area contributed by atoms with E-state index in [1.54, 1.807) is 31.2 Å². The van der Waals surface area contributed by atoms with Crippen LogP contribution in [0, 0.1) is 0 Å². The molecule has 2 N–H and O–H groups in total. The Morgan fingerprint density at radius 1 is 0.923 bits per heavy atom. The highest BCUT2D eigenvalue weighted by atomic mass is 16.2. The van der Waals surface area contributed by atoms with Gasteiger partial charge in [0.1, 0.15) is 0 Å². The number of amides is 2. The maximum Gasteiger partial charge on any atom is 0.248 e. The van der Waals surface area contributed by atoms with Gasteiger partial charge in [0, 0.05) is 22.9 Å². The Kier molecular flexibility index (Phi) is 6.44. The van der Waals surface area contributed by atoms with Crippen LogP contribution >= 0.6 is 0 Å². The van der Waals surface area contributed by atoms with E-state index in [-0.39, 0.29) is 17.7 Å². The average molecular weight is 350 g/mol. The van der Waals surface area contributed by atoms with E-state index < -0.39 is 5.91 Å². The van der Waals surface area contributed by atoms with Gasteiger partial charge in [-0.15, -0.1) is 0 Å². The first-order valence-electron chi connectivity index (χ1n) is 8.33. The molecule has 1 unspecified atom stereocenters. The number of carbonyl (C=O) groups is 3. The molecule has 134 valence electrons. The third-order valence-corrected chi connectivity index (χ3v) is 3.91. The lowest BCUT2D eigenvalue weighted by Gasteiger charge is -2.14. The van der Waals surface area contributed by atoms with E-state index in [4.69, 9.17) is 0 Å². The fraction of sp³-hybridized carbons (Fsp3) is 0.190. The summed E-state index contributed by atoms with van der Waals surface area (Å²) in [5.74, 6) is -0.744. The Bertz CT molecular complexity index is 824. The predicted molar refractivity (Wildman–Crippen MR) is 102 cm³/mol. The van der Waals surface area contributed by atoms with E-state index in [0.29, 0.717) is 16.8 Å². The van der Waals surface area contributed by atoms with Crippen LogP contribution in [0.1, 0.15) is 42.7 Å². The zero-order valence-corrected chi connectivity index (χ0v) is 15.1. The van der Waals surface area contributed by atoms with Crippen LogP contribution in [0.3, 0.4) is 0 Å². The van der Waals surface area contributed by atoms with Gasteiger partial charge in [-0.2, -0.15) is 0 Å². The standard InChI is InChI=1S/C21H22N2O3/c1-14(21(26)22-15(2)17-7-5-4-6-8-17)13-20(25)23-19-11-9-18(10-12-19)16(3)24/h4-13,15H,1-3H3,(H,22,26)(H,23,25)/b14-13+. The number of benzene rings is 2. The molecule has 2 amide bonds. The third kappa shape index (κ3) is 5.41. The molecular weight excluding hydrogens is 328 g/mol. The minimum atomic E-state index is -0.402. The Morgan fingerprint density at radius 2 is 1.54 bits per heavy atom. The van der Waals surface area contributed by atoms with Gasteiger partial charge in [-0.05, 0) is 50.6 Å². The Hall–Kier alpha value is -3.21. The summed E-state index contributed by atoms with van der Waals surface area (Å²) in [6.07, 6.45) is 1.26. The molecule has 5 nitrogen and oxygen atoms in total. The van der Waals surface area contributed by atoms with Crippen molar-refractivity contribution in [2.45, 2.75) is 26.8 Å². The molecule has 1 atom stereocenters. The van der Waals surface area contributed by atoms with E-state index in [1.165, 1.54) is 13.0 Å². The summed E-state index contributed by atoms with van der Waals surface area (Å²) in [7, 11) is 0. The molecule has 0 fully saturated rings. The second-order valence-electron chi connectivity index (χ2n) is 6.06. The van der Waals surface area contributed by atoms with Crippen molar-refractivity contribution in [2.75, 3.05) is 5.32 Å². The monoisotopic (exact) mass is 350 g/mol. The molecule has 0 bridgehead atoms. The lowest BCUT2D eigenvalue weighted by atomic mass is 10.1. The number of anilines is 1. The fourth-order valence-corrected chi connectivity index (χ4v) is 2.36. The Morgan fingerprint density at radius 3 is 2.12 bits per heavy atom. The normalized spacial score (nSPS) is 12.2. The third-order valence-electron chi connectivity index (χ3n) is 3.91. The van der Waals surface area contributed by atoms with E-state index in [1.807, 2.05) is 37.3 Å². The van der Waals surface area contributed by atoms with Crippen LogP contribution in [0.2, 0.25) is 0 Å². The van der Waals surface area contributed by atoms with Crippen LogP contribution in [-0.4, -0.2) is 17.6 Å². The van der Waals surface area contributed by atoms with Crippen LogP contribution in [0.15, 0.2) is 66.2 Å². The molecule has 0 heterocycles. The second kappa shape index (κ2) is 8.76. The fourth-order valence-electron chi connectivity index (χ4n) is 2.36. The largest absolute Gasteiger partial charge is 0.346 e. The quantitative estimate of drug-likeness (QED) is 0.617. The molecule has 26 heavy (non-hydrogen) atoms. The van der Waals surface area contributed by atoms with Gasteiger partial charge in [0.15, 0.2) is 5.78 Å². The van der Waals surface area contributed by atoms with Crippen LogP contribution < -0.4 is 10.6 Å². The van der Waals surface area contributed by atoms with Crippen LogP contribution in [-0.2, 0) is 9.59 Å². The molecule has 0 aliphatic carbocycles. The summed E-state index contributed by atoms with van der Waals surface area (Å²) < 4.78 is 0. The van der Waals surface area contributed by atoms with E-state index in [2.05, 4.69) is 10.6 Å². The smallest absolute Gasteiger partial charge is 0.248 e. The van der Waals surface area contributed by atoms with Crippen molar-refractivity contribution in [1.29, 1.82) is 0 Å². The van der Waals surface area contributed by atoms with Crippen molar-refractivity contribution in [2.24, 2.45) is 0 Å². The summed E-state index contributed by atoms with van der Waals surface area (Å²) in [6.45, 7) is 4.96. The van der Waals surface area contributed by atoms with Crippen molar-refractivity contribution in [3.8, 4) is 0 Å². The first-order valence-corrected chi connectivity index (χ1v) is 8.33. The van der Waals surface area contributed by atoms with Crippen molar-refractivity contribution < 1.29 is 14.4 Å². The molecule has 2 rings (SSSR count). The van der Waals surface area contributed by atoms with Crippen molar-refractivity contribution in [1.82, 2.24) is 5.32 Å². The first-order chi connectivity index (χ1) is 12.4. The number of hydrogen-bond donors (Lipinski definition) is 2. The van der Waals surface area contributed by atoms with Gasteiger partial charge in [0.2, 0.25) is 11.8 Å². The number of hydrogen-bond acceptors (Lipinski definition) is 3. The molecular formula is C21H22N2O3. The van der Waals surface area contributed by atoms with Crippen LogP contribution in [0.5, 0.6) is 0 Å². The molecule has 2 aromatic carbocycles. The summed E-state index contributed by atoms with van der Waals surface area (Å²) in [5.41, 5.74) is 2.43. The number of rotatable bonds is 6. The maximum atomic E-state index is 12.2. The maximum absolute atomic E-state index is 12.2. The molecule has 0 aliphatic rings. The van der Waals surface area contributed by atoms with E-state index >= 15 is 0 Å². The lowest BCUT2D eigenvalue weighted by molar-refractivity contribution is -0.118. The molecule has 0 aromatic heterocycles. The highest BCUT2D eigenvalue weighted by Crippen LogP contribution is 2.13. The molecule has 2 aromatic rings. The Labute approximate surface area is 153 Å². The van der Waals surface area contributed by atoms with Gasteiger partial charge in [0.05, 0.1) is 6.04 Å². The van der Waals surface area contributed by atoms with Gasteiger partial charge in [-0.25, -0.2) is 0 Å². The first kappa shape index (κ1) is 19.1. The lowest BCUT2D eigenvalue weighted by Crippen LogP contribution is -2.28. The second-order valence-corrected chi connectivity index (χ2v) is 6.06. The Balaban J connectivity index is 1.95. The van der Waals surface area contributed by atoms with Crippen molar-refractivity contribution in [3.63, 3.8) is 0 Å². The summed E-state index contributed by atoms with van der Waals surface area (Å²) >= 11 is 0. The SMILES string of the molecule is CC(=O)c1ccc(NC(=O)/C=C(\C)C(=O)NC(C)c2ccccc2)cc1. The van der Waals surface area contributed by atoms with Crippen molar-refractivity contribution in [3.05, 3.63) is 77.4 Å². The zero-order chi connectivity index (χ0) is 19.1. The molecule has 0 spiro atoms. The number of ketones is 1. The highest BCUT2D eigenvalue weighted by molar-refractivity contribution is 6.06. The molecule has 5 heteroatoms.